The number of nitrogens with zero attached hydrogens (tertiary/aromatic N) is 5. The second-order valence-corrected chi connectivity index (χ2v) is 9.54. The zero-order valence-electron chi connectivity index (χ0n) is 20.3. The molecule has 0 aromatic carbocycles. The SMILES string of the molecule is CCOc1cc(-c2ccc(N3CCC(C)(C(=O)NCC(C)C)CC3)nc2)c2c(C#N)cnn2c1. The van der Waals surface area contributed by atoms with Gasteiger partial charge in [0.25, 0.3) is 0 Å². The summed E-state index contributed by atoms with van der Waals surface area (Å²) < 4.78 is 7.39. The Kier molecular flexibility index (Phi) is 6.73. The van der Waals surface area contributed by atoms with Gasteiger partial charge in [-0.3, -0.25) is 4.79 Å². The van der Waals surface area contributed by atoms with Crippen LogP contribution < -0.4 is 15.0 Å². The summed E-state index contributed by atoms with van der Waals surface area (Å²) in [6.45, 7) is 11.0. The second-order valence-electron chi connectivity index (χ2n) is 9.54. The van der Waals surface area contributed by atoms with Crippen LogP contribution in [0.5, 0.6) is 5.75 Å². The standard InChI is InChI=1S/C26H32N6O2/c1-5-34-21-12-22(24-20(13-27)16-30-32(24)17-21)19-6-7-23(28-15-19)31-10-8-26(4,9-11-31)25(33)29-14-18(2)3/h6-7,12,15-18H,5,8-11,14H2,1-4H3,(H,29,33). The van der Waals surface area contributed by atoms with Gasteiger partial charge in [-0.2, -0.15) is 10.4 Å². The first-order valence-corrected chi connectivity index (χ1v) is 11.9. The van der Waals surface area contributed by atoms with Crippen LogP contribution in [-0.2, 0) is 4.79 Å². The molecule has 0 atom stereocenters. The van der Waals surface area contributed by atoms with Crippen LogP contribution >= 0.6 is 0 Å². The predicted molar refractivity (Wildman–Crippen MR) is 132 cm³/mol. The van der Waals surface area contributed by atoms with Gasteiger partial charge in [-0.1, -0.05) is 20.8 Å². The molecule has 0 aliphatic carbocycles. The number of rotatable bonds is 7. The molecule has 8 nitrogen and oxygen atoms in total. The second kappa shape index (κ2) is 9.72. The van der Waals surface area contributed by atoms with E-state index in [1.54, 1.807) is 16.9 Å². The lowest BCUT2D eigenvalue weighted by molar-refractivity contribution is -0.131. The molecule has 4 rings (SSSR count). The lowest BCUT2D eigenvalue weighted by atomic mass is 9.79. The van der Waals surface area contributed by atoms with E-state index in [0.717, 1.165) is 48.4 Å². The summed E-state index contributed by atoms with van der Waals surface area (Å²) in [5.74, 6) is 2.17. The smallest absolute Gasteiger partial charge is 0.226 e. The fraction of sp³-hybridized carbons (Fsp3) is 0.462. The van der Waals surface area contributed by atoms with Gasteiger partial charge in [-0.15, -0.1) is 0 Å². The minimum absolute atomic E-state index is 0.149. The maximum Gasteiger partial charge on any atom is 0.226 e. The van der Waals surface area contributed by atoms with Gasteiger partial charge in [0.2, 0.25) is 5.91 Å². The molecule has 1 aliphatic heterocycles. The highest BCUT2D eigenvalue weighted by Gasteiger charge is 2.37. The number of amides is 1. The summed E-state index contributed by atoms with van der Waals surface area (Å²) in [7, 11) is 0. The van der Waals surface area contributed by atoms with E-state index in [-0.39, 0.29) is 11.3 Å². The molecule has 0 spiro atoms. The highest BCUT2D eigenvalue weighted by molar-refractivity contribution is 5.85. The Morgan fingerprint density at radius 3 is 2.68 bits per heavy atom. The number of anilines is 1. The van der Waals surface area contributed by atoms with Gasteiger partial charge in [-0.25, -0.2) is 9.50 Å². The van der Waals surface area contributed by atoms with Crippen LogP contribution in [0.2, 0.25) is 0 Å². The first kappa shape index (κ1) is 23.6. The molecule has 4 heterocycles. The molecule has 8 heteroatoms. The lowest BCUT2D eigenvalue weighted by Gasteiger charge is -2.39. The van der Waals surface area contributed by atoms with E-state index < -0.39 is 0 Å². The fourth-order valence-electron chi connectivity index (χ4n) is 4.34. The largest absolute Gasteiger partial charge is 0.492 e. The summed E-state index contributed by atoms with van der Waals surface area (Å²) in [4.78, 5) is 19.6. The molecular weight excluding hydrogens is 428 g/mol. The molecule has 1 amide bonds. The highest BCUT2D eigenvalue weighted by Crippen LogP contribution is 2.34. The van der Waals surface area contributed by atoms with Crippen molar-refractivity contribution in [2.45, 2.75) is 40.5 Å². The van der Waals surface area contributed by atoms with Gasteiger partial charge in [0.1, 0.15) is 17.6 Å². The van der Waals surface area contributed by atoms with E-state index >= 15 is 0 Å². The van der Waals surface area contributed by atoms with E-state index in [9.17, 15) is 10.1 Å². The number of piperidine rings is 1. The highest BCUT2D eigenvalue weighted by atomic mass is 16.5. The maximum atomic E-state index is 12.7. The van der Waals surface area contributed by atoms with Gasteiger partial charge in [0.15, 0.2) is 0 Å². The summed E-state index contributed by atoms with van der Waals surface area (Å²) in [6, 6.07) is 8.17. The molecule has 3 aromatic heterocycles. The van der Waals surface area contributed by atoms with Gasteiger partial charge >= 0.3 is 0 Å². The number of carbonyl (C=O) groups is 1. The van der Waals surface area contributed by atoms with Crippen LogP contribution in [0.3, 0.4) is 0 Å². The van der Waals surface area contributed by atoms with Gasteiger partial charge in [-0.05, 0) is 43.9 Å². The molecule has 1 saturated heterocycles. The molecular formula is C26H32N6O2. The zero-order chi connectivity index (χ0) is 24.3. The van der Waals surface area contributed by atoms with Crippen molar-refractivity contribution in [1.29, 1.82) is 5.26 Å². The quantitative estimate of drug-likeness (QED) is 0.572. The normalized spacial score (nSPS) is 15.4. The number of fused-ring (bicyclic) bond motifs is 1. The van der Waals surface area contributed by atoms with E-state index in [0.29, 0.717) is 30.4 Å². The first-order valence-electron chi connectivity index (χ1n) is 11.9. The Bertz CT molecular complexity index is 1200. The Morgan fingerprint density at radius 2 is 2.06 bits per heavy atom. The fourth-order valence-corrected chi connectivity index (χ4v) is 4.34. The third-order valence-electron chi connectivity index (χ3n) is 6.49. The van der Waals surface area contributed by atoms with E-state index in [1.165, 1.54) is 0 Å². The average Bonchev–Trinajstić information content (AvgIpc) is 3.26. The minimum Gasteiger partial charge on any atom is -0.492 e. The van der Waals surface area contributed by atoms with Crippen molar-refractivity contribution in [1.82, 2.24) is 19.9 Å². The molecule has 0 bridgehead atoms. The molecule has 34 heavy (non-hydrogen) atoms. The minimum atomic E-state index is -0.341. The maximum absolute atomic E-state index is 12.7. The lowest BCUT2D eigenvalue weighted by Crippen LogP contribution is -2.48. The number of hydrogen-bond donors (Lipinski definition) is 1. The molecule has 0 saturated carbocycles. The van der Waals surface area contributed by atoms with Crippen LogP contribution in [0.15, 0.2) is 36.8 Å². The van der Waals surface area contributed by atoms with Crippen molar-refractivity contribution < 1.29 is 9.53 Å². The number of pyridine rings is 2. The number of hydrogen-bond acceptors (Lipinski definition) is 6. The monoisotopic (exact) mass is 460 g/mol. The Hall–Kier alpha value is -3.60. The number of carbonyl (C=O) groups excluding carboxylic acids is 1. The van der Waals surface area contributed by atoms with Crippen molar-refractivity contribution >= 4 is 17.2 Å². The third-order valence-corrected chi connectivity index (χ3v) is 6.49. The van der Waals surface area contributed by atoms with Crippen molar-refractivity contribution in [3.8, 4) is 22.9 Å². The number of nitrogens with one attached hydrogen (secondary N) is 1. The average molecular weight is 461 g/mol. The van der Waals surface area contributed by atoms with Crippen molar-refractivity contribution in [2.24, 2.45) is 11.3 Å². The van der Waals surface area contributed by atoms with E-state index in [1.807, 2.05) is 31.3 Å². The topological polar surface area (TPSA) is 95.5 Å². The van der Waals surface area contributed by atoms with E-state index in [4.69, 9.17) is 9.72 Å². The van der Waals surface area contributed by atoms with E-state index in [2.05, 4.69) is 42.2 Å². The molecule has 0 unspecified atom stereocenters. The summed E-state index contributed by atoms with van der Waals surface area (Å²) in [6.07, 6.45) is 6.76. The third kappa shape index (κ3) is 4.69. The van der Waals surface area contributed by atoms with Crippen LogP contribution in [-0.4, -0.2) is 46.7 Å². The zero-order valence-corrected chi connectivity index (χ0v) is 20.3. The van der Waals surface area contributed by atoms with Crippen molar-refractivity contribution in [3.05, 3.63) is 42.4 Å². The number of nitriles is 1. The van der Waals surface area contributed by atoms with Gasteiger partial charge in [0.05, 0.1) is 30.1 Å². The Labute approximate surface area is 200 Å². The molecule has 3 aromatic rings. The van der Waals surface area contributed by atoms with Gasteiger partial charge < -0.3 is 15.0 Å². The molecule has 1 aliphatic rings. The van der Waals surface area contributed by atoms with Crippen LogP contribution in [0, 0.1) is 22.7 Å². The predicted octanol–water partition coefficient (Wildman–Crippen LogP) is 4.05. The van der Waals surface area contributed by atoms with Crippen LogP contribution in [0.25, 0.3) is 16.6 Å². The summed E-state index contributed by atoms with van der Waals surface area (Å²) in [5, 5.41) is 16.9. The molecule has 178 valence electrons. The molecule has 1 N–H and O–H groups in total. The Balaban J connectivity index is 1.53. The van der Waals surface area contributed by atoms with Crippen molar-refractivity contribution in [3.63, 3.8) is 0 Å². The van der Waals surface area contributed by atoms with Crippen LogP contribution in [0.1, 0.15) is 46.1 Å². The number of aromatic nitrogens is 3. The molecule has 0 radical (unpaired) electrons. The van der Waals surface area contributed by atoms with Crippen LogP contribution in [0.4, 0.5) is 5.82 Å². The summed E-state index contributed by atoms with van der Waals surface area (Å²) >= 11 is 0. The first-order chi connectivity index (χ1) is 16.3. The molecule has 1 fully saturated rings. The number of ether oxygens (including phenoxy) is 1. The summed E-state index contributed by atoms with van der Waals surface area (Å²) in [5.41, 5.74) is 2.65. The van der Waals surface area contributed by atoms with Gasteiger partial charge in [0, 0.05) is 42.4 Å². The Morgan fingerprint density at radius 1 is 1.29 bits per heavy atom. The van der Waals surface area contributed by atoms with Crippen molar-refractivity contribution in [2.75, 3.05) is 31.1 Å².